The molecule has 1 aliphatic carbocycles. The molecule has 2 heterocycles. The number of anilines is 3. The zero-order valence-electron chi connectivity index (χ0n) is 20.5. The molecule has 4 rings (SSSR count). The van der Waals surface area contributed by atoms with Crippen LogP contribution in [0.1, 0.15) is 22.6 Å². The number of ether oxygens (including phenoxy) is 1. The molecule has 1 aliphatic rings. The molecule has 0 saturated heterocycles. The normalized spacial score (nSPS) is 14.6. The van der Waals surface area contributed by atoms with Crippen molar-refractivity contribution in [3.05, 3.63) is 36.4 Å². The van der Waals surface area contributed by atoms with E-state index in [0.29, 0.717) is 34.2 Å². The van der Waals surface area contributed by atoms with Crippen LogP contribution >= 0.6 is 0 Å². The molecule has 0 atom stereocenters. The molecule has 3 N–H and O–H groups in total. The fourth-order valence-corrected chi connectivity index (χ4v) is 3.19. The second kappa shape index (κ2) is 9.00. The van der Waals surface area contributed by atoms with Gasteiger partial charge in [-0.3, -0.25) is 14.3 Å². The van der Waals surface area contributed by atoms with Crippen LogP contribution in [0.15, 0.2) is 30.7 Å². The number of hydrogen-bond donors (Lipinski definition) is 3. The average Bonchev–Trinajstić information content (AvgIpc) is 3.55. The zero-order chi connectivity index (χ0) is 25.2. The maximum absolute atomic E-state index is 12.5. The molecule has 0 bridgehead atoms. The van der Waals surface area contributed by atoms with Gasteiger partial charge in [-0.2, -0.15) is 15.3 Å². The van der Waals surface area contributed by atoms with Gasteiger partial charge in [-0.25, -0.2) is 4.98 Å². The topological polar surface area (TPSA) is 136 Å². The number of amides is 2. The number of benzene rings is 1. The molecule has 1 saturated carbocycles. The molecule has 0 spiro atoms. The lowest BCUT2D eigenvalue weighted by atomic mass is 10.1. The van der Waals surface area contributed by atoms with E-state index in [0.717, 1.165) is 12.8 Å². The molecule has 0 unspecified atom stereocenters. The second-order valence-corrected chi connectivity index (χ2v) is 7.32. The van der Waals surface area contributed by atoms with Crippen LogP contribution in [0.3, 0.4) is 0 Å². The van der Waals surface area contributed by atoms with E-state index in [1.54, 1.807) is 36.3 Å². The summed E-state index contributed by atoms with van der Waals surface area (Å²) in [6.07, 6.45) is 4.14. The maximum atomic E-state index is 12.5. The van der Waals surface area contributed by atoms with E-state index in [4.69, 9.17) is 8.85 Å². The first kappa shape index (κ1) is 17.6. The quantitative estimate of drug-likeness (QED) is 0.482. The molecule has 3 aromatic rings. The molecule has 0 radical (unpaired) electrons. The Hall–Kier alpha value is -4.02. The van der Waals surface area contributed by atoms with Crippen LogP contribution < -0.4 is 20.7 Å². The third-order valence-electron chi connectivity index (χ3n) is 4.92. The maximum Gasteiger partial charge on any atom is 0.227 e. The molecule has 2 aromatic heterocycles. The van der Waals surface area contributed by atoms with Crippen molar-refractivity contribution < 1.29 is 18.4 Å². The molecular formula is C21H24N8O3. The third-order valence-corrected chi connectivity index (χ3v) is 4.92. The van der Waals surface area contributed by atoms with Crippen molar-refractivity contribution in [1.82, 2.24) is 30.3 Å². The molecule has 1 fully saturated rings. The van der Waals surface area contributed by atoms with Gasteiger partial charge in [-0.1, -0.05) is 6.07 Å². The Morgan fingerprint density at radius 3 is 2.84 bits per heavy atom. The van der Waals surface area contributed by atoms with Gasteiger partial charge < -0.3 is 20.7 Å². The third kappa shape index (κ3) is 4.51. The molecule has 11 heteroatoms. The highest BCUT2D eigenvalue weighted by Crippen LogP contribution is 2.39. The fraction of sp³-hybridized carbons (Fsp3) is 0.333. The lowest BCUT2D eigenvalue weighted by molar-refractivity contribution is -0.120. The Labute approximate surface area is 188 Å². The van der Waals surface area contributed by atoms with Crippen molar-refractivity contribution in [2.45, 2.75) is 19.3 Å². The highest BCUT2D eigenvalue weighted by molar-refractivity contribution is 5.98. The van der Waals surface area contributed by atoms with Gasteiger partial charge in [0.15, 0.2) is 11.6 Å². The van der Waals surface area contributed by atoms with Crippen LogP contribution in [0.25, 0.3) is 11.4 Å². The van der Waals surface area contributed by atoms with E-state index in [-0.39, 0.29) is 23.9 Å². The van der Waals surface area contributed by atoms with Gasteiger partial charge in [0.05, 0.1) is 48.0 Å². The first-order chi connectivity index (χ1) is 16.6. The van der Waals surface area contributed by atoms with Crippen molar-refractivity contribution >= 4 is 28.9 Å². The molecule has 1 aromatic carbocycles. The van der Waals surface area contributed by atoms with E-state index in [1.807, 2.05) is 5.32 Å². The monoisotopic (exact) mass is 439 g/mol. The first-order valence-electron chi connectivity index (χ1n) is 11.4. The van der Waals surface area contributed by atoms with E-state index in [9.17, 15) is 9.59 Å². The fourth-order valence-electron chi connectivity index (χ4n) is 3.19. The smallest absolute Gasteiger partial charge is 0.227 e. The van der Waals surface area contributed by atoms with Crippen LogP contribution in [0.4, 0.5) is 17.1 Å². The predicted molar refractivity (Wildman–Crippen MR) is 117 cm³/mol. The van der Waals surface area contributed by atoms with Crippen LogP contribution in [0.2, 0.25) is 0 Å². The number of aryl methyl sites for hydroxylation is 1. The van der Waals surface area contributed by atoms with Gasteiger partial charge in [0, 0.05) is 24.1 Å². The van der Waals surface area contributed by atoms with E-state index < -0.39 is 12.9 Å². The Kier molecular flexibility index (Phi) is 4.96. The number of carbonyl (C=O) groups is 2. The number of methoxy groups -OCH3 is 1. The summed E-state index contributed by atoms with van der Waals surface area (Å²) < 4.78 is 29.0. The minimum atomic E-state index is -2.65. The van der Waals surface area contributed by atoms with Gasteiger partial charge in [-0.05, 0) is 25.0 Å². The number of nitrogens with one attached hydrogen (secondary N) is 3. The highest BCUT2D eigenvalue weighted by atomic mass is 16.5. The number of nitrogens with zero attached hydrogens (tertiary/aromatic N) is 5. The van der Waals surface area contributed by atoms with Crippen molar-refractivity contribution in [2.75, 3.05) is 24.7 Å². The summed E-state index contributed by atoms with van der Waals surface area (Å²) in [7, 11) is 3.25. The van der Waals surface area contributed by atoms with Gasteiger partial charge in [0.2, 0.25) is 11.8 Å². The number of hydrogen-bond acceptors (Lipinski definition) is 8. The van der Waals surface area contributed by atoms with Crippen molar-refractivity contribution in [3.63, 3.8) is 0 Å². The van der Waals surface area contributed by atoms with Gasteiger partial charge >= 0.3 is 0 Å². The Bertz CT molecular complexity index is 1260. The standard InChI is InChI=1S/C21H24N8O3/c1-22-17(30)9-15-18(16(10-24-27-15)26-21(31)12-7-8-12)25-14-6-4-5-13(19(14)32-3)20-23-11-29(2)28-20/h4-6,10-12H,7-9H2,1-3H3,(H,22,30)(H,24,25)(H,26,27,31)/i1D3. The summed E-state index contributed by atoms with van der Waals surface area (Å²) in [6.45, 7) is -2.65. The number of para-hydroxylation sites is 1. The van der Waals surface area contributed by atoms with Gasteiger partial charge in [0.1, 0.15) is 6.33 Å². The summed E-state index contributed by atoms with van der Waals surface area (Å²) >= 11 is 0. The molecule has 11 nitrogen and oxygen atoms in total. The summed E-state index contributed by atoms with van der Waals surface area (Å²) in [5.41, 5.74) is 1.84. The van der Waals surface area contributed by atoms with Crippen molar-refractivity contribution in [2.24, 2.45) is 13.0 Å². The van der Waals surface area contributed by atoms with Crippen molar-refractivity contribution in [1.29, 1.82) is 0 Å². The molecule has 0 aliphatic heterocycles. The lowest BCUT2D eigenvalue weighted by Gasteiger charge is -2.18. The molecular weight excluding hydrogens is 412 g/mol. The molecule has 166 valence electrons. The zero-order valence-corrected chi connectivity index (χ0v) is 17.5. The Morgan fingerprint density at radius 2 is 2.16 bits per heavy atom. The highest BCUT2D eigenvalue weighted by Gasteiger charge is 2.30. The molecule has 2 amide bonds. The van der Waals surface area contributed by atoms with E-state index in [2.05, 4.69) is 30.9 Å². The van der Waals surface area contributed by atoms with Gasteiger partial charge in [0.25, 0.3) is 0 Å². The first-order valence-corrected chi connectivity index (χ1v) is 9.91. The Morgan fingerprint density at radius 1 is 1.31 bits per heavy atom. The van der Waals surface area contributed by atoms with E-state index in [1.165, 1.54) is 13.3 Å². The number of rotatable bonds is 8. The SMILES string of the molecule is [2H]C([2H])([2H])NC(=O)Cc1nncc(NC(=O)C2CC2)c1Nc1cccc(-c2ncn(C)n2)c1OC. The predicted octanol–water partition coefficient (Wildman–Crippen LogP) is 1.66. The van der Waals surface area contributed by atoms with Crippen LogP contribution in [-0.4, -0.2) is 50.9 Å². The largest absolute Gasteiger partial charge is 0.494 e. The average molecular weight is 439 g/mol. The van der Waals surface area contributed by atoms with E-state index >= 15 is 0 Å². The summed E-state index contributed by atoms with van der Waals surface area (Å²) in [4.78, 5) is 29.1. The summed E-state index contributed by atoms with van der Waals surface area (Å²) in [5.74, 6) is -0.150. The number of likely N-dealkylation sites (N-methyl/N-ethyl adjacent to an activating group) is 1. The van der Waals surface area contributed by atoms with Crippen LogP contribution in [-0.2, 0) is 23.1 Å². The lowest BCUT2D eigenvalue weighted by Crippen LogP contribution is -2.22. The van der Waals surface area contributed by atoms with Gasteiger partial charge in [-0.15, -0.1) is 0 Å². The summed E-state index contributed by atoms with van der Waals surface area (Å²) in [5, 5.41) is 20.2. The van der Waals surface area contributed by atoms with Crippen LogP contribution in [0.5, 0.6) is 5.75 Å². The van der Waals surface area contributed by atoms with Crippen LogP contribution in [0, 0.1) is 5.92 Å². The minimum Gasteiger partial charge on any atom is -0.494 e. The Balaban J connectivity index is 1.73. The van der Waals surface area contributed by atoms with Crippen molar-refractivity contribution in [3.8, 4) is 17.1 Å². The molecule has 32 heavy (non-hydrogen) atoms. The summed E-state index contributed by atoms with van der Waals surface area (Å²) in [6, 6.07) is 5.31. The second-order valence-electron chi connectivity index (χ2n) is 7.32. The number of aromatic nitrogens is 5. The minimum absolute atomic E-state index is 0.0774. The number of carbonyl (C=O) groups excluding carboxylic acids is 2.